The number of rotatable bonds is 2. The average Bonchev–Trinajstić information content (AvgIpc) is 2.41. The number of carbonyl (C=O) groups excluding carboxylic acids is 1. The van der Waals surface area contributed by atoms with Crippen molar-refractivity contribution < 1.29 is 9.53 Å². The maximum absolute atomic E-state index is 12.4. The summed E-state index contributed by atoms with van der Waals surface area (Å²) in [5.41, 5.74) is 0.678. The summed E-state index contributed by atoms with van der Waals surface area (Å²) in [6, 6.07) is 5.67. The molecule has 1 saturated heterocycles. The molecule has 5 heteroatoms. The fourth-order valence-corrected chi connectivity index (χ4v) is 2.83. The molecule has 1 aromatic carbocycles. The largest absolute Gasteiger partial charge is 0.381 e. The summed E-state index contributed by atoms with van der Waals surface area (Å²) in [6.07, 6.45) is 1.80. The summed E-state index contributed by atoms with van der Waals surface area (Å²) in [7, 11) is 1.86. The number of halogens is 2. The Balaban J connectivity index is 2.16. The molecule has 1 aliphatic heterocycles. The first-order chi connectivity index (χ1) is 8.59. The summed E-state index contributed by atoms with van der Waals surface area (Å²) < 4.78 is 6.25. The lowest BCUT2D eigenvalue weighted by Crippen LogP contribution is -2.40. The van der Waals surface area contributed by atoms with Gasteiger partial charge in [0, 0.05) is 34.9 Å². The van der Waals surface area contributed by atoms with E-state index in [4.69, 9.17) is 16.3 Å². The Morgan fingerprint density at radius 3 is 2.78 bits per heavy atom. The van der Waals surface area contributed by atoms with Crippen LogP contribution in [0.2, 0.25) is 5.02 Å². The minimum atomic E-state index is 0.0359. The average molecular weight is 380 g/mol. The van der Waals surface area contributed by atoms with Crippen molar-refractivity contribution in [2.75, 3.05) is 20.3 Å². The SMILES string of the molecule is CN(C(=O)c1cc(Cl)ccc1I)C1CCOCC1. The van der Waals surface area contributed by atoms with E-state index in [1.807, 2.05) is 18.0 Å². The summed E-state index contributed by atoms with van der Waals surface area (Å²) in [6.45, 7) is 1.46. The molecular weight excluding hydrogens is 365 g/mol. The first-order valence-electron chi connectivity index (χ1n) is 5.89. The van der Waals surface area contributed by atoms with Crippen LogP contribution in [0.3, 0.4) is 0 Å². The van der Waals surface area contributed by atoms with Crippen LogP contribution in [0.15, 0.2) is 18.2 Å². The molecule has 0 spiro atoms. The first-order valence-corrected chi connectivity index (χ1v) is 7.35. The number of nitrogens with zero attached hydrogens (tertiary/aromatic N) is 1. The summed E-state index contributed by atoms with van der Waals surface area (Å²) >= 11 is 8.12. The highest BCUT2D eigenvalue weighted by Gasteiger charge is 2.24. The second-order valence-electron chi connectivity index (χ2n) is 4.38. The number of carbonyl (C=O) groups is 1. The predicted octanol–water partition coefficient (Wildman–Crippen LogP) is 3.20. The molecular formula is C13H15ClINO2. The minimum Gasteiger partial charge on any atom is -0.381 e. The normalized spacial score (nSPS) is 16.6. The Hall–Kier alpha value is -0.330. The van der Waals surface area contributed by atoms with Crippen molar-refractivity contribution in [3.63, 3.8) is 0 Å². The van der Waals surface area contributed by atoms with Crippen LogP contribution >= 0.6 is 34.2 Å². The van der Waals surface area contributed by atoms with Gasteiger partial charge in [-0.2, -0.15) is 0 Å². The van der Waals surface area contributed by atoms with Gasteiger partial charge >= 0.3 is 0 Å². The molecule has 1 aliphatic rings. The maximum atomic E-state index is 12.4. The highest BCUT2D eigenvalue weighted by Crippen LogP contribution is 2.22. The summed E-state index contributed by atoms with van der Waals surface area (Å²) in [4.78, 5) is 14.3. The Labute approximate surface area is 126 Å². The lowest BCUT2D eigenvalue weighted by Gasteiger charge is -2.31. The van der Waals surface area contributed by atoms with E-state index in [0.29, 0.717) is 10.6 Å². The van der Waals surface area contributed by atoms with Crippen LogP contribution in [0.5, 0.6) is 0 Å². The smallest absolute Gasteiger partial charge is 0.254 e. The van der Waals surface area contributed by atoms with Crippen molar-refractivity contribution >= 4 is 40.1 Å². The van der Waals surface area contributed by atoms with E-state index in [2.05, 4.69) is 22.6 Å². The minimum absolute atomic E-state index is 0.0359. The van der Waals surface area contributed by atoms with Crippen LogP contribution in [0.25, 0.3) is 0 Å². The van der Waals surface area contributed by atoms with Gasteiger partial charge in [0.05, 0.1) is 5.56 Å². The molecule has 0 atom stereocenters. The van der Waals surface area contributed by atoms with Gasteiger partial charge in [-0.25, -0.2) is 0 Å². The highest BCUT2D eigenvalue weighted by atomic mass is 127. The number of benzene rings is 1. The van der Waals surface area contributed by atoms with Crippen molar-refractivity contribution in [1.29, 1.82) is 0 Å². The summed E-state index contributed by atoms with van der Waals surface area (Å²) in [5, 5.41) is 0.596. The topological polar surface area (TPSA) is 29.5 Å². The van der Waals surface area contributed by atoms with Gasteiger partial charge in [0.15, 0.2) is 0 Å². The first kappa shape index (κ1) is 14.1. The second-order valence-corrected chi connectivity index (χ2v) is 5.98. The van der Waals surface area contributed by atoms with E-state index < -0.39 is 0 Å². The third kappa shape index (κ3) is 3.16. The van der Waals surface area contributed by atoms with Crippen LogP contribution in [0.1, 0.15) is 23.2 Å². The van der Waals surface area contributed by atoms with Crippen LogP contribution < -0.4 is 0 Å². The monoisotopic (exact) mass is 379 g/mol. The van der Waals surface area contributed by atoms with Crippen LogP contribution in [-0.2, 0) is 4.74 Å². The molecule has 1 aromatic rings. The quantitative estimate of drug-likeness (QED) is 0.739. The molecule has 1 fully saturated rings. The van der Waals surface area contributed by atoms with Crippen LogP contribution in [0.4, 0.5) is 0 Å². The highest BCUT2D eigenvalue weighted by molar-refractivity contribution is 14.1. The molecule has 0 N–H and O–H groups in total. The Morgan fingerprint density at radius 1 is 1.44 bits per heavy atom. The van der Waals surface area contributed by atoms with Gasteiger partial charge in [-0.15, -0.1) is 0 Å². The Morgan fingerprint density at radius 2 is 2.11 bits per heavy atom. The molecule has 0 bridgehead atoms. The lowest BCUT2D eigenvalue weighted by molar-refractivity contribution is 0.0361. The zero-order valence-corrected chi connectivity index (χ0v) is 13.1. The van der Waals surface area contributed by atoms with E-state index in [0.717, 1.165) is 29.6 Å². The number of hydrogen-bond donors (Lipinski definition) is 0. The number of amides is 1. The molecule has 0 saturated carbocycles. The fourth-order valence-electron chi connectivity index (χ4n) is 2.09. The van der Waals surface area contributed by atoms with E-state index >= 15 is 0 Å². The Kier molecular flexibility index (Phi) is 4.86. The molecule has 0 unspecified atom stereocenters. The van der Waals surface area contributed by atoms with Gasteiger partial charge in [0.25, 0.3) is 5.91 Å². The van der Waals surface area contributed by atoms with E-state index in [1.165, 1.54) is 0 Å². The molecule has 0 aliphatic carbocycles. The third-order valence-electron chi connectivity index (χ3n) is 3.22. The third-order valence-corrected chi connectivity index (χ3v) is 4.39. The molecule has 0 aromatic heterocycles. The fraction of sp³-hybridized carbons (Fsp3) is 0.462. The lowest BCUT2D eigenvalue weighted by atomic mass is 10.1. The molecule has 1 amide bonds. The predicted molar refractivity (Wildman–Crippen MR) is 80.1 cm³/mol. The van der Waals surface area contributed by atoms with Crippen LogP contribution in [0, 0.1) is 3.57 Å². The van der Waals surface area contributed by atoms with Crippen molar-refractivity contribution in [1.82, 2.24) is 4.90 Å². The maximum Gasteiger partial charge on any atom is 0.254 e. The van der Waals surface area contributed by atoms with Gasteiger partial charge in [-0.3, -0.25) is 4.79 Å². The summed E-state index contributed by atoms with van der Waals surface area (Å²) in [5.74, 6) is 0.0359. The molecule has 2 rings (SSSR count). The van der Waals surface area contributed by atoms with Gasteiger partial charge < -0.3 is 9.64 Å². The van der Waals surface area contributed by atoms with Gasteiger partial charge in [-0.1, -0.05) is 11.6 Å². The van der Waals surface area contributed by atoms with E-state index in [-0.39, 0.29) is 11.9 Å². The van der Waals surface area contributed by atoms with Crippen molar-refractivity contribution in [3.05, 3.63) is 32.4 Å². The van der Waals surface area contributed by atoms with Crippen molar-refractivity contribution in [2.45, 2.75) is 18.9 Å². The molecule has 1 heterocycles. The van der Waals surface area contributed by atoms with E-state index in [9.17, 15) is 4.79 Å². The Bertz CT molecular complexity index is 447. The zero-order valence-electron chi connectivity index (χ0n) is 10.2. The van der Waals surface area contributed by atoms with E-state index in [1.54, 1.807) is 12.1 Å². The molecule has 3 nitrogen and oxygen atoms in total. The molecule has 0 radical (unpaired) electrons. The van der Waals surface area contributed by atoms with Gasteiger partial charge in [-0.05, 0) is 53.6 Å². The molecule has 98 valence electrons. The second kappa shape index (κ2) is 6.21. The van der Waals surface area contributed by atoms with Gasteiger partial charge in [0.2, 0.25) is 0 Å². The standard InChI is InChI=1S/C13H15ClINO2/c1-16(10-4-6-18-7-5-10)13(17)11-8-9(14)2-3-12(11)15/h2-3,8,10H,4-7H2,1H3. The van der Waals surface area contributed by atoms with Crippen LogP contribution in [-0.4, -0.2) is 37.1 Å². The van der Waals surface area contributed by atoms with Gasteiger partial charge in [0.1, 0.15) is 0 Å². The van der Waals surface area contributed by atoms with Crippen molar-refractivity contribution in [2.24, 2.45) is 0 Å². The number of ether oxygens (including phenoxy) is 1. The van der Waals surface area contributed by atoms with Crippen molar-refractivity contribution in [3.8, 4) is 0 Å². The zero-order chi connectivity index (χ0) is 13.1. The molecule has 18 heavy (non-hydrogen) atoms. The number of hydrogen-bond acceptors (Lipinski definition) is 2.